The summed E-state index contributed by atoms with van der Waals surface area (Å²) in [5.41, 5.74) is 1.45. The third-order valence-electron chi connectivity index (χ3n) is 6.64. The van der Waals surface area contributed by atoms with Gasteiger partial charge in [-0.1, -0.05) is 23.7 Å². The molecule has 3 aromatic heterocycles. The summed E-state index contributed by atoms with van der Waals surface area (Å²) in [4.78, 5) is 18.9. The monoisotopic (exact) mass is 546 g/mol. The van der Waals surface area contributed by atoms with Crippen LogP contribution < -0.4 is 15.0 Å². The molecule has 0 amide bonds. The van der Waals surface area contributed by atoms with Crippen molar-refractivity contribution in [3.05, 3.63) is 98.9 Å². The lowest BCUT2D eigenvalue weighted by Crippen LogP contribution is -2.37. The number of hydrogen-bond acceptors (Lipinski definition) is 8. The summed E-state index contributed by atoms with van der Waals surface area (Å²) in [5.74, 6) is 2.50. The van der Waals surface area contributed by atoms with Crippen molar-refractivity contribution in [2.24, 2.45) is 0 Å². The van der Waals surface area contributed by atoms with Gasteiger partial charge in [0.15, 0.2) is 17.3 Å². The number of nitrogens with zero attached hydrogens (tertiary/aromatic N) is 5. The van der Waals surface area contributed by atoms with Gasteiger partial charge in [0.2, 0.25) is 6.79 Å². The number of tetrazole rings is 1. The smallest absolute Gasteiger partial charge is 0.253 e. The number of pyridine rings is 1. The predicted molar refractivity (Wildman–Crippen MR) is 145 cm³/mol. The summed E-state index contributed by atoms with van der Waals surface area (Å²) < 4.78 is 18.6. The van der Waals surface area contributed by atoms with Crippen LogP contribution in [0.25, 0.3) is 10.9 Å². The first-order valence-corrected chi connectivity index (χ1v) is 12.9. The first-order chi connectivity index (χ1) is 18.8. The van der Waals surface area contributed by atoms with E-state index >= 15 is 0 Å². The summed E-state index contributed by atoms with van der Waals surface area (Å²) in [6.07, 6.45) is 1.63. The topological polar surface area (TPSA) is 111 Å². The number of ether oxygens (including phenoxy) is 2. The van der Waals surface area contributed by atoms with E-state index in [9.17, 15) is 4.79 Å². The van der Waals surface area contributed by atoms with Crippen molar-refractivity contribution in [2.45, 2.75) is 45.4 Å². The Morgan fingerprint density at radius 1 is 1.08 bits per heavy atom. The molecular formula is C28H27ClN6O4. The molecule has 1 atom stereocenters. The molecule has 10 nitrogen and oxygen atoms in total. The van der Waals surface area contributed by atoms with E-state index in [-0.39, 0.29) is 12.4 Å². The van der Waals surface area contributed by atoms with Crippen LogP contribution in [0.1, 0.15) is 49.5 Å². The Labute approximate surface area is 229 Å². The number of aromatic amines is 1. The van der Waals surface area contributed by atoms with Gasteiger partial charge in [0, 0.05) is 28.6 Å². The lowest BCUT2D eigenvalue weighted by Gasteiger charge is -2.32. The molecule has 11 heteroatoms. The summed E-state index contributed by atoms with van der Waals surface area (Å²) in [5, 5.41) is 14.2. The number of furan rings is 1. The van der Waals surface area contributed by atoms with Crippen LogP contribution >= 0.6 is 11.6 Å². The van der Waals surface area contributed by atoms with Gasteiger partial charge in [-0.05, 0) is 73.2 Å². The highest BCUT2D eigenvalue weighted by Gasteiger charge is 2.34. The van der Waals surface area contributed by atoms with Crippen molar-refractivity contribution in [3.63, 3.8) is 0 Å². The normalized spacial score (nSPS) is 13.9. The summed E-state index contributed by atoms with van der Waals surface area (Å²) in [7, 11) is 0. The maximum atomic E-state index is 13.8. The van der Waals surface area contributed by atoms with Gasteiger partial charge in [-0.15, -0.1) is 5.10 Å². The van der Waals surface area contributed by atoms with Gasteiger partial charge in [0.25, 0.3) is 5.56 Å². The van der Waals surface area contributed by atoms with Crippen molar-refractivity contribution < 1.29 is 13.9 Å². The van der Waals surface area contributed by atoms with E-state index in [1.807, 2.05) is 69.3 Å². The minimum absolute atomic E-state index is 0.143. The molecule has 200 valence electrons. The lowest BCUT2D eigenvalue weighted by molar-refractivity contribution is 0.171. The SMILES string of the molecule is CC(C)(C)n1nnnc1C(c1cc2cc3c(cc2[nH]c1=O)OCO3)N(Cc1ccc(Cl)cc1)Cc1ccco1. The fraction of sp³-hybridized carbons (Fsp3) is 0.286. The Balaban J connectivity index is 1.55. The fourth-order valence-electron chi connectivity index (χ4n) is 4.82. The third-order valence-corrected chi connectivity index (χ3v) is 6.89. The molecule has 1 N–H and O–H groups in total. The van der Waals surface area contributed by atoms with Gasteiger partial charge in [0.05, 0.1) is 23.9 Å². The second-order valence-corrected chi connectivity index (χ2v) is 10.9. The van der Waals surface area contributed by atoms with E-state index in [2.05, 4.69) is 25.4 Å². The van der Waals surface area contributed by atoms with Crippen LogP contribution in [0.4, 0.5) is 0 Å². The van der Waals surface area contributed by atoms with Crippen molar-refractivity contribution in [1.82, 2.24) is 30.1 Å². The molecule has 1 unspecified atom stereocenters. The summed E-state index contributed by atoms with van der Waals surface area (Å²) in [6.45, 7) is 7.07. The number of aromatic nitrogens is 5. The predicted octanol–water partition coefficient (Wildman–Crippen LogP) is 5.04. The Bertz CT molecular complexity index is 1670. The number of benzene rings is 2. The van der Waals surface area contributed by atoms with Crippen LogP contribution in [0, 0.1) is 0 Å². The third kappa shape index (κ3) is 5.00. The number of rotatable bonds is 7. The van der Waals surface area contributed by atoms with Gasteiger partial charge in [-0.25, -0.2) is 4.68 Å². The number of H-pyrrole nitrogens is 1. The van der Waals surface area contributed by atoms with Crippen molar-refractivity contribution in [3.8, 4) is 11.5 Å². The zero-order valence-electron chi connectivity index (χ0n) is 21.7. The van der Waals surface area contributed by atoms with Crippen LogP contribution in [-0.4, -0.2) is 36.9 Å². The zero-order chi connectivity index (χ0) is 27.1. The molecule has 39 heavy (non-hydrogen) atoms. The second-order valence-electron chi connectivity index (χ2n) is 10.5. The molecule has 2 aromatic carbocycles. The molecule has 0 radical (unpaired) electrons. The zero-order valence-corrected chi connectivity index (χ0v) is 22.5. The fourth-order valence-corrected chi connectivity index (χ4v) is 4.95. The average molecular weight is 547 g/mol. The summed E-state index contributed by atoms with van der Waals surface area (Å²) >= 11 is 6.17. The van der Waals surface area contributed by atoms with Crippen molar-refractivity contribution >= 4 is 22.5 Å². The molecule has 4 heterocycles. The van der Waals surface area contributed by atoms with E-state index in [1.54, 1.807) is 17.0 Å². The maximum Gasteiger partial charge on any atom is 0.253 e. The molecule has 0 saturated heterocycles. The molecule has 0 saturated carbocycles. The number of nitrogens with one attached hydrogen (secondary N) is 1. The molecule has 1 aliphatic heterocycles. The molecule has 0 fully saturated rings. The van der Waals surface area contributed by atoms with Crippen LogP contribution in [0.3, 0.4) is 0 Å². The van der Waals surface area contributed by atoms with Crippen LogP contribution in [0.15, 0.2) is 70.1 Å². The van der Waals surface area contributed by atoms with Gasteiger partial charge in [-0.3, -0.25) is 9.69 Å². The Kier molecular flexibility index (Phi) is 6.36. The van der Waals surface area contributed by atoms with Crippen LogP contribution in [-0.2, 0) is 18.6 Å². The highest BCUT2D eigenvalue weighted by Crippen LogP contribution is 2.37. The first kappa shape index (κ1) is 25.1. The first-order valence-electron chi connectivity index (χ1n) is 12.5. The minimum atomic E-state index is -0.626. The van der Waals surface area contributed by atoms with Crippen LogP contribution in [0.2, 0.25) is 5.02 Å². The second kappa shape index (κ2) is 9.87. The molecule has 5 aromatic rings. The van der Waals surface area contributed by atoms with Crippen molar-refractivity contribution in [2.75, 3.05) is 6.79 Å². The lowest BCUT2D eigenvalue weighted by atomic mass is 10.0. The summed E-state index contributed by atoms with van der Waals surface area (Å²) in [6, 6.07) is 16.3. The molecule has 0 bridgehead atoms. The van der Waals surface area contributed by atoms with E-state index in [0.29, 0.717) is 46.5 Å². The number of fused-ring (bicyclic) bond motifs is 2. The highest BCUT2D eigenvalue weighted by atomic mass is 35.5. The van der Waals surface area contributed by atoms with E-state index in [4.69, 9.17) is 25.5 Å². The Morgan fingerprint density at radius 3 is 2.56 bits per heavy atom. The van der Waals surface area contributed by atoms with Gasteiger partial charge < -0.3 is 18.9 Å². The number of hydrogen-bond donors (Lipinski definition) is 1. The molecule has 0 aliphatic carbocycles. The Hall–Kier alpha value is -4.15. The van der Waals surface area contributed by atoms with Gasteiger partial charge in [-0.2, -0.15) is 0 Å². The average Bonchev–Trinajstić information content (AvgIpc) is 3.66. The van der Waals surface area contributed by atoms with Gasteiger partial charge >= 0.3 is 0 Å². The van der Waals surface area contributed by atoms with E-state index in [1.165, 1.54) is 0 Å². The molecular weight excluding hydrogens is 520 g/mol. The largest absolute Gasteiger partial charge is 0.468 e. The van der Waals surface area contributed by atoms with Crippen molar-refractivity contribution in [1.29, 1.82) is 0 Å². The van der Waals surface area contributed by atoms with Crippen LogP contribution in [0.5, 0.6) is 11.5 Å². The standard InChI is InChI=1S/C28H27ClN6O4/c1-28(2,3)35-26(31-32-33-35)25(21-11-18-12-23-24(39-16-38-23)13-22(18)30-27(21)36)34(15-20-5-4-10-37-20)14-17-6-8-19(29)9-7-17/h4-13,25H,14-16H2,1-3H3,(H,30,36). The number of halogens is 1. The van der Waals surface area contributed by atoms with E-state index < -0.39 is 11.6 Å². The maximum absolute atomic E-state index is 13.8. The highest BCUT2D eigenvalue weighted by molar-refractivity contribution is 6.30. The van der Waals surface area contributed by atoms with Gasteiger partial charge in [0.1, 0.15) is 11.8 Å². The quantitative estimate of drug-likeness (QED) is 0.302. The molecule has 1 aliphatic rings. The molecule has 6 rings (SSSR count). The Morgan fingerprint density at radius 2 is 1.85 bits per heavy atom. The minimum Gasteiger partial charge on any atom is -0.468 e. The molecule has 0 spiro atoms. The van der Waals surface area contributed by atoms with E-state index in [0.717, 1.165) is 16.7 Å².